The summed E-state index contributed by atoms with van der Waals surface area (Å²) in [5.41, 5.74) is -1.14. The maximum Gasteiger partial charge on any atom is 0.311 e. The number of esters is 1. The molecule has 0 bridgehead atoms. The third kappa shape index (κ3) is 9.46. The average molecular weight is 394 g/mol. The summed E-state index contributed by atoms with van der Waals surface area (Å²) >= 11 is 0. The lowest BCUT2D eigenvalue weighted by Crippen LogP contribution is -3.00. The first-order valence-corrected chi connectivity index (χ1v) is 8.34. The van der Waals surface area contributed by atoms with Crippen LogP contribution in [-0.4, -0.2) is 50.0 Å². The Kier molecular flexibility index (Phi) is 10.6. The first kappa shape index (κ1) is 24.8. The molecule has 4 nitrogen and oxygen atoms in total. The second-order valence-electron chi connectivity index (χ2n) is 8.37. The molecule has 0 aliphatic rings. The highest BCUT2D eigenvalue weighted by molar-refractivity contribution is 5.83. The van der Waals surface area contributed by atoms with Crippen molar-refractivity contribution in [2.45, 2.75) is 60.8 Å². The molecule has 0 aromatic carbocycles. The number of Topliss-reactive ketones (excluding diaryl/α,β-unsaturated/α-hetero) is 1. The highest BCUT2D eigenvalue weighted by Crippen LogP contribution is 2.35. The van der Waals surface area contributed by atoms with Gasteiger partial charge in [0.15, 0.2) is 0 Å². The number of carbonyl (C=O) groups excluding carboxylic acids is 2. The molecule has 0 saturated carbocycles. The van der Waals surface area contributed by atoms with Crippen molar-refractivity contribution >= 4 is 11.8 Å². The first-order chi connectivity index (χ1) is 9.84. The molecule has 0 rings (SSSR count). The third-order valence-electron chi connectivity index (χ3n) is 4.44. The van der Waals surface area contributed by atoms with Gasteiger partial charge in [0.25, 0.3) is 0 Å². The van der Waals surface area contributed by atoms with E-state index in [9.17, 15) is 9.59 Å². The van der Waals surface area contributed by atoms with Gasteiger partial charge in [0.1, 0.15) is 18.9 Å². The number of likely N-dealkylation sites (N-methyl/N-ethyl adjacent to an activating group) is 1. The fraction of sp³-hybridized carbons (Fsp3) is 0.889. The van der Waals surface area contributed by atoms with E-state index in [0.717, 1.165) is 17.6 Å². The highest BCUT2D eigenvalue weighted by Gasteiger charge is 2.38. The van der Waals surface area contributed by atoms with Gasteiger partial charge in [-0.25, -0.2) is 0 Å². The van der Waals surface area contributed by atoms with Gasteiger partial charge in [-0.1, -0.05) is 27.2 Å². The second kappa shape index (κ2) is 9.77. The molecule has 0 atom stereocenters. The number of hydrogen-bond donors (Lipinski definition) is 0. The van der Waals surface area contributed by atoms with E-state index in [-0.39, 0.29) is 28.7 Å². The number of quaternary nitrogens is 1. The summed E-state index contributed by atoms with van der Waals surface area (Å²) in [6.45, 7) is 13.6. The van der Waals surface area contributed by atoms with E-state index in [1.54, 1.807) is 6.92 Å². The predicted octanol–water partition coefficient (Wildman–Crippen LogP) is 0.442. The molecular formula is C18H36BrNO3. The van der Waals surface area contributed by atoms with Gasteiger partial charge in [0.05, 0.1) is 26.1 Å². The maximum absolute atomic E-state index is 12.3. The van der Waals surface area contributed by atoms with Crippen LogP contribution in [0, 0.1) is 10.8 Å². The van der Waals surface area contributed by atoms with Crippen molar-refractivity contribution in [2.75, 3.05) is 33.8 Å². The van der Waals surface area contributed by atoms with Crippen LogP contribution in [0.5, 0.6) is 0 Å². The zero-order valence-electron chi connectivity index (χ0n) is 16.3. The lowest BCUT2D eigenvalue weighted by molar-refractivity contribution is -0.890. The Bertz CT molecular complexity index is 390. The molecule has 0 saturated heterocycles. The smallest absolute Gasteiger partial charge is 0.311 e. The van der Waals surface area contributed by atoms with E-state index < -0.39 is 10.8 Å². The molecule has 0 amide bonds. The zero-order chi connectivity index (χ0) is 17.6. The highest BCUT2D eigenvalue weighted by atomic mass is 79.9. The number of halogens is 1. The monoisotopic (exact) mass is 393 g/mol. The van der Waals surface area contributed by atoms with Crippen LogP contribution in [0.2, 0.25) is 0 Å². The quantitative estimate of drug-likeness (QED) is 0.399. The van der Waals surface area contributed by atoms with E-state index in [4.69, 9.17) is 4.74 Å². The number of ketones is 1. The van der Waals surface area contributed by atoms with E-state index in [1.807, 2.05) is 27.7 Å². The molecule has 0 unspecified atom stereocenters. The number of carbonyl (C=O) groups is 2. The molecule has 0 heterocycles. The standard InChI is InChI=1S/C18H36NO3.BrH/c1-9-10-11-19(7,8)12-13-22-16(21)18(5,6)14-17(3,4)15(2)20;/h9-14H2,1-8H3;1H/q+1;/p-1. The number of nitrogens with zero attached hydrogens (tertiary/aromatic N) is 1. The molecule has 0 N–H and O–H groups in total. The van der Waals surface area contributed by atoms with Gasteiger partial charge in [0.2, 0.25) is 0 Å². The number of rotatable bonds is 10. The molecule has 0 aliphatic heterocycles. The van der Waals surface area contributed by atoms with Crippen LogP contribution in [0.25, 0.3) is 0 Å². The minimum Gasteiger partial charge on any atom is -1.00 e. The summed E-state index contributed by atoms with van der Waals surface area (Å²) in [5, 5.41) is 0. The van der Waals surface area contributed by atoms with Crippen LogP contribution in [0.15, 0.2) is 0 Å². The minimum absolute atomic E-state index is 0. The average Bonchev–Trinajstić information content (AvgIpc) is 2.34. The Balaban J connectivity index is 0. The van der Waals surface area contributed by atoms with Crippen molar-refractivity contribution in [2.24, 2.45) is 10.8 Å². The number of hydrogen-bond acceptors (Lipinski definition) is 3. The van der Waals surface area contributed by atoms with Crippen molar-refractivity contribution in [1.29, 1.82) is 0 Å². The van der Waals surface area contributed by atoms with Crippen molar-refractivity contribution in [3.05, 3.63) is 0 Å². The summed E-state index contributed by atoms with van der Waals surface area (Å²) in [6, 6.07) is 0. The Morgan fingerprint density at radius 1 is 1.00 bits per heavy atom. The normalized spacial score (nSPS) is 12.5. The van der Waals surface area contributed by atoms with Gasteiger partial charge in [-0.2, -0.15) is 0 Å². The van der Waals surface area contributed by atoms with Gasteiger partial charge in [-0.05, 0) is 33.6 Å². The maximum atomic E-state index is 12.3. The third-order valence-corrected chi connectivity index (χ3v) is 4.44. The SMILES string of the molecule is CCCC[N+](C)(C)CCOC(=O)C(C)(C)CC(C)(C)C(C)=O.[Br-]. The van der Waals surface area contributed by atoms with Crippen LogP contribution < -0.4 is 17.0 Å². The Labute approximate surface area is 153 Å². The zero-order valence-corrected chi connectivity index (χ0v) is 17.9. The molecule has 23 heavy (non-hydrogen) atoms. The topological polar surface area (TPSA) is 43.4 Å². The molecule has 0 aliphatic carbocycles. The molecule has 5 heteroatoms. The van der Waals surface area contributed by atoms with Gasteiger partial charge in [-0.3, -0.25) is 9.59 Å². The van der Waals surface area contributed by atoms with Crippen LogP contribution >= 0.6 is 0 Å². The number of unbranched alkanes of at least 4 members (excludes halogenated alkanes) is 1. The molecule has 0 aromatic rings. The molecule has 0 aromatic heterocycles. The molecule has 0 fully saturated rings. The molecule has 138 valence electrons. The van der Waals surface area contributed by atoms with Crippen molar-refractivity contribution < 1.29 is 35.8 Å². The van der Waals surface area contributed by atoms with Crippen LogP contribution in [-0.2, 0) is 14.3 Å². The predicted molar refractivity (Wildman–Crippen MR) is 90.6 cm³/mol. The fourth-order valence-electron chi connectivity index (χ4n) is 2.58. The Morgan fingerprint density at radius 2 is 1.52 bits per heavy atom. The summed E-state index contributed by atoms with van der Waals surface area (Å²) in [4.78, 5) is 24.0. The fourth-order valence-corrected chi connectivity index (χ4v) is 2.58. The van der Waals surface area contributed by atoms with Crippen LogP contribution in [0.3, 0.4) is 0 Å². The Hall–Kier alpha value is -0.420. The lowest BCUT2D eigenvalue weighted by atomic mass is 9.73. The molecular weight excluding hydrogens is 358 g/mol. The summed E-state index contributed by atoms with van der Waals surface area (Å²) < 4.78 is 6.34. The van der Waals surface area contributed by atoms with Crippen molar-refractivity contribution in [1.82, 2.24) is 0 Å². The van der Waals surface area contributed by atoms with Crippen molar-refractivity contribution in [3.63, 3.8) is 0 Å². The van der Waals surface area contributed by atoms with Crippen LogP contribution in [0.4, 0.5) is 0 Å². The number of ether oxygens (including phenoxy) is 1. The largest absolute Gasteiger partial charge is 1.00 e. The Morgan fingerprint density at radius 3 is 1.96 bits per heavy atom. The lowest BCUT2D eigenvalue weighted by Gasteiger charge is -2.33. The summed E-state index contributed by atoms with van der Waals surface area (Å²) in [6.07, 6.45) is 2.86. The molecule has 0 radical (unpaired) electrons. The summed E-state index contributed by atoms with van der Waals surface area (Å²) in [7, 11) is 4.32. The van der Waals surface area contributed by atoms with Gasteiger partial charge in [0, 0.05) is 5.41 Å². The van der Waals surface area contributed by atoms with E-state index in [2.05, 4.69) is 21.0 Å². The van der Waals surface area contributed by atoms with E-state index in [0.29, 0.717) is 13.0 Å². The van der Waals surface area contributed by atoms with Crippen LogP contribution in [0.1, 0.15) is 60.8 Å². The summed E-state index contributed by atoms with van der Waals surface area (Å²) in [5.74, 6) is -0.108. The second-order valence-corrected chi connectivity index (χ2v) is 8.37. The minimum atomic E-state index is -0.643. The van der Waals surface area contributed by atoms with Crippen molar-refractivity contribution in [3.8, 4) is 0 Å². The van der Waals surface area contributed by atoms with E-state index >= 15 is 0 Å². The molecule has 0 spiro atoms. The van der Waals surface area contributed by atoms with E-state index in [1.165, 1.54) is 12.8 Å². The van der Waals surface area contributed by atoms with Gasteiger partial charge < -0.3 is 26.2 Å². The van der Waals surface area contributed by atoms with Gasteiger partial charge in [-0.15, -0.1) is 0 Å². The first-order valence-electron chi connectivity index (χ1n) is 8.34. The van der Waals surface area contributed by atoms with Gasteiger partial charge >= 0.3 is 5.97 Å².